The molecule has 2 amide bonds. The van der Waals surface area contributed by atoms with Crippen LogP contribution >= 0.6 is 0 Å². The van der Waals surface area contributed by atoms with Gasteiger partial charge in [-0.2, -0.15) is 0 Å². The lowest BCUT2D eigenvalue weighted by Crippen LogP contribution is -2.45. The van der Waals surface area contributed by atoms with Gasteiger partial charge in [0.1, 0.15) is 18.1 Å². The van der Waals surface area contributed by atoms with Gasteiger partial charge in [-0.15, -0.1) is 0 Å². The lowest BCUT2D eigenvalue weighted by atomic mass is 9.96. The second-order valence-corrected chi connectivity index (χ2v) is 6.50. The number of hydrogen-bond donors (Lipinski definition) is 1. The molecule has 6 heteroatoms. The van der Waals surface area contributed by atoms with E-state index in [9.17, 15) is 9.59 Å². The number of carbonyl (C=O) groups is 2. The second-order valence-electron chi connectivity index (χ2n) is 6.50. The molecule has 1 fully saturated rings. The summed E-state index contributed by atoms with van der Waals surface area (Å²) in [7, 11) is 0. The standard InChI is InChI=1S/C19H24N2O4/c1-2-8-24-16-6-5-13-9-15(12-25-17(13)10-16)19(23)21-7-3-4-14(11-21)18(20)22/h5-6,9-10,14H,2-4,7-8,11-12H2,1H3,(H2,20,22)/t14-/m1/s1. The van der Waals surface area contributed by atoms with Crippen molar-refractivity contribution in [1.82, 2.24) is 4.90 Å². The number of primary amides is 1. The van der Waals surface area contributed by atoms with Crippen LogP contribution in [-0.4, -0.2) is 43.0 Å². The third kappa shape index (κ3) is 3.95. The number of ether oxygens (including phenoxy) is 2. The lowest BCUT2D eigenvalue weighted by molar-refractivity contribution is -0.131. The Morgan fingerprint density at radius 1 is 1.40 bits per heavy atom. The molecule has 0 spiro atoms. The molecule has 2 N–H and O–H groups in total. The van der Waals surface area contributed by atoms with E-state index in [1.807, 2.05) is 24.3 Å². The van der Waals surface area contributed by atoms with Gasteiger partial charge in [-0.1, -0.05) is 6.92 Å². The average Bonchev–Trinajstić information content (AvgIpc) is 2.65. The number of rotatable bonds is 5. The molecule has 2 aliphatic rings. The van der Waals surface area contributed by atoms with Crippen molar-refractivity contribution in [2.24, 2.45) is 11.7 Å². The third-order valence-electron chi connectivity index (χ3n) is 4.56. The largest absolute Gasteiger partial charge is 0.493 e. The number of piperidine rings is 1. The number of amides is 2. The van der Waals surface area contributed by atoms with E-state index in [1.165, 1.54) is 0 Å². The molecule has 1 aromatic carbocycles. The van der Waals surface area contributed by atoms with Crippen LogP contribution in [0, 0.1) is 5.92 Å². The number of nitrogens with zero attached hydrogens (tertiary/aromatic N) is 1. The fourth-order valence-electron chi connectivity index (χ4n) is 3.17. The van der Waals surface area contributed by atoms with E-state index in [0.717, 1.165) is 36.3 Å². The Hall–Kier alpha value is -2.50. The van der Waals surface area contributed by atoms with Gasteiger partial charge in [0.05, 0.1) is 18.1 Å². The zero-order chi connectivity index (χ0) is 17.8. The van der Waals surface area contributed by atoms with Crippen LogP contribution in [0.4, 0.5) is 0 Å². The molecule has 0 saturated carbocycles. The van der Waals surface area contributed by atoms with Gasteiger partial charge in [0.2, 0.25) is 5.91 Å². The Labute approximate surface area is 147 Å². The van der Waals surface area contributed by atoms with Crippen molar-refractivity contribution < 1.29 is 19.1 Å². The van der Waals surface area contributed by atoms with Crippen molar-refractivity contribution in [3.05, 3.63) is 29.3 Å². The minimum atomic E-state index is -0.337. The lowest BCUT2D eigenvalue weighted by Gasteiger charge is -2.32. The van der Waals surface area contributed by atoms with E-state index in [-0.39, 0.29) is 24.3 Å². The van der Waals surface area contributed by atoms with E-state index in [4.69, 9.17) is 15.2 Å². The summed E-state index contributed by atoms with van der Waals surface area (Å²) in [5, 5.41) is 0. The molecular formula is C19H24N2O4. The normalized spacial score (nSPS) is 19.5. The Kier molecular flexibility index (Phi) is 5.26. The van der Waals surface area contributed by atoms with Crippen molar-refractivity contribution in [2.45, 2.75) is 26.2 Å². The fraction of sp³-hybridized carbons (Fsp3) is 0.474. The van der Waals surface area contributed by atoms with E-state index in [1.54, 1.807) is 4.90 Å². The van der Waals surface area contributed by atoms with Crippen LogP contribution in [0.15, 0.2) is 23.8 Å². The van der Waals surface area contributed by atoms with Crippen molar-refractivity contribution in [1.29, 1.82) is 0 Å². The molecule has 1 aromatic rings. The maximum atomic E-state index is 12.7. The van der Waals surface area contributed by atoms with Crippen molar-refractivity contribution in [3.63, 3.8) is 0 Å². The summed E-state index contributed by atoms with van der Waals surface area (Å²) in [4.78, 5) is 25.8. The summed E-state index contributed by atoms with van der Waals surface area (Å²) in [6.07, 6.45) is 4.34. The first-order valence-electron chi connectivity index (χ1n) is 8.77. The smallest absolute Gasteiger partial charge is 0.253 e. The van der Waals surface area contributed by atoms with Crippen LogP contribution in [0.25, 0.3) is 6.08 Å². The number of fused-ring (bicyclic) bond motifs is 1. The molecule has 2 aliphatic heterocycles. The molecule has 0 radical (unpaired) electrons. The van der Waals surface area contributed by atoms with Crippen molar-refractivity contribution >= 4 is 17.9 Å². The predicted molar refractivity (Wildman–Crippen MR) is 94.2 cm³/mol. The molecule has 2 heterocycles. The van der Waals surface area contributed by atoms with Crippen LogP contribution < -0.4 is 15.2 Å². The van der Waals surface area contributed by atoms with Crippen LogP contribution in [0.2, 0.25) is 0 Å². The Morgan fingerprint density at radius 3 is 3.00 bits per heavy atom. The molecular weight excluding hydrogens is 320 g/mol. The molecule has 3 rings (SSSR count). The quantitative estimate of drug-likeness (QED) is 0.885. The first-order chi connectivity index (χ1) is 12.1. The first kappa shape index (κ1) is 17.3. The Balaban J connectivity index is 1.72. The molecule has 0 aliphatic carbocycles. The number of likely N-dealkylation sites (tertiary alicyclic amines) is 1. The summed E-state index contributed by atoms with van der Waals surface area (Å²) in [6, 6.07) is 5.63. The molecule has 1 atom stereocenters. The van der Waals surface area contributed by atoms with Gasteiger partial charge in [-0.3, -0.25) is 9.59 Å². The highest BCUT2D eigenvalue weighted by Crippen LogP contribution is 2.31. The van der Waals surface area contributed by atoms with E-state index in [0.29, 0.717) is 25.3 Å². The van der Waals surface area contributed by atoms with Crippen molar-refractivity contribution in [2.75, 3.05) is 26.3 Å². The van der Waals surface area contributed by atoms with Crippen LogP contribution in [-0.2, 0) is 9.59 Å². The van der Waals surface area contributed by atoms with Gasteiger partial charge in [-0.25, -0.2) is 0 Å². The monoisotopic (exact) mass is 344 g/mol. The van der Waals surface area contributed by atoms with E-state index < -0.39 is 0 Å². The molecule has 0 bridgehead atoms. The Morgan fingerprint density at radius 2 is 2.24 bits per heavy atom. The fourth-order valence-corrected chi connectivity index (χ4v) is 3.17. The maximum absolute atomic E-state index is 12.7. The summed E-state index contributed by atoms with van der Waals surface area (Å²) < 4.78 is 11.4. The minimum Gasteiger partial charge on any atom is -0.493 e. The second kappa shape index (κ2) is 7.59. The van der Waals surface area contributed by atoms with Gasteiger partial charge in [-0.05, 0) is 37.5 Å². The van der Waals surface area contributed by atoms with Crippen LogP contribution in [0.5, 0.6) is 11.5 Å². The first-order valence-corrected chi connectivity index (χ1v) is 8.77. The summed E-state index contributed by atoms with van der Waals surface area (Å²) in [5.74, 6) is 0.815. The highest BCUT2D eigenvalue weighted by molar-refractivity contribution is 5.99. The minimum absolute atomic E-state index is 0.0806. The number of carbonyl (C=O) groups excluding carboxylic acids is 2. The van der Waals surface area contributed by atoms with E-state index in [2.05, 4.69) is 6.92 Å². The zero-order valence-electron chi connectivity index (χ0n) is 14.5. The van der Waals surface area contributed by atoms with Gasteiger partial charge >= 0.3 is 0 Å². The van der Waals surface area contributed by atoms with Gasteiger partial charge in [0.15, 0.2) is 0 Å². The molecule has 1 saturated heterocycles. The number of nitrogens with two attached hydrogens (primary N) is 1. The zero-order valence-corrected chi connectivity index (χ0v) is 14.5. The predicted octanol–water partition coefficient (Wildman–Crippen LogP) is 1.98. The third-order valence-corrected chi connectivity index (χ3v) is 4.56. The van der Waals surface area contributed by atoms with E-state index >= 15 is 0 Å². The number of hydrogen-bond acceptors (Lipinski definition) is 4. The Bertz CT molecular complexity index is 699. The van der Waals surface area contributed by atoms with Gasteiger partial charge < -0.3 is 20.1 Å². The average molecular weight is 344 g/mol. The van der Waals surface area contributed by atoms with Gasteiger partial charge in [0, 0.05) is 24.7 Å². The van der Waals surface area contributed by atoms with Crippen LogP contribution in [0.3, 0.4) is 0 Å². The summed E-state index contributed by atoms with van der Waals surface area (Å²) >= 11 is 0. The van der Waals surface area contributed by atoms with Gasteiger partial charge in [0.25, 0.3) is 5.91 Å². The molecule has 134 valence electrons. The molecule has 6 nitrogen and oxygen atoms in total. The SMILES string of the molecule is CCCOc1ccc2c(c1)OCC(C(=O)N1CCC[C@@H](C(N)=O)C1)=C2. The molecule has 25 heavy (non-hydrogen) atoms. The number of benzene rings is 1. The highest BCUT2D eigenvalue weighted by Gasteiger charge is 2.29. The topological polar surface area (TPSA) is 81.9 Å². The molecule has 0 aromatic heterocycles. The van der Waals surface area contributed by atoms with Crippen molar-refractivity contribution in [3.8, 4) is 11.5 Å². The highest BCUT2D eigenvalue weighted by atomic mass is 16.5. The van der Waals surface area contributed by atoms with Crippen LogP contribution in [0.1, 0.15) is 31.7 Å². The molecule has 0 unspecified atom stereocenters. The summed E-state index contributed by atoms with van der Waals surface area (Å²) in [5.41, 5.74) is 6.85. The maximum Gasteiger partial charge on any atom is 0.253 e. The summed E-state index contributed by atoms with van der Waals surface area (Å²) in [6.45, 7) is 3.98.